The predicted octanol–water partition coefficient (Wildman–Crippen LogP) is 2.86. The lowest BCUT2D eigenvalue weighted by Gasteiger charge is -2.39. The number of hydrogen-bond acceptors (Lipinski definition) is 3. The summed E-state index contributed by atoms with van der Waals surface area (Å²) < 4.78 is 14.9. The van der Waals surface area contributed by atoms with Crippen LogP contribution in [0.3, 0.4) is 0 Å². The minimum Gasteiger partial charge on any atom is -0.479 e. The topological polar surface area (TPSA) is 75.4 Å². The molecule has 0 unspecified atom stereocenters. The fraction of sp³-hybridized carbons (Fsp3) is 0.421. The van der Waals surface area contributed by atoms with Crippen LogP contribution < -0.4 is 0 Å². The monoisotopic (exact) mass is 359 g/mol. The minimum absolute atomic E-state index is 0.205. The van der Waals surface area contributed by atoms with Crippen LogP contribution in [0.15, 0.2) is 36.5 Å². The van der Waals surface area contributed by atoms with Gasteiger partial charge in [-0.1, -0.05) is 19.9 Å². The van der Waals surface area contributed by atoms with E-state index in [1.54, 1.807) is 17.2 Å². The molecule has 1 aromatic carbocycles. The number of aliphatic carboxylic acids is 1. The van der Waals surface area contributed by atoms with E-state index in [9.17, 15) is 19.1 Å². The second kappa shape index (κ2) is 6.90. The average Bonchev–Trinajstić information content (AvgIpc) is 3.12. The maximum Gasteiger partial charge on any atom is 0.331 e. The lowest BCUT2D eigenvalue weighted by molar-refractivity contribution is -0.150. The number of carbonyl (C=O) groups is 2. The zero-order valence-electron chi connectivity index (χ0n) is 14.9. The molecule has 0 atom stereocenters. The average molecular weight is 359 g/mol. The fourth-order valence-electron chi connectivity index (χ4n) is 3.31. The number of piperidine rings is 1. The predicted molar refractivity (Wildman–Crippen MR) is 93.5 cm³/mol. The number of rotatable bonds is 4. The highest BCUT2D eigenvalue weighted by Crippen LogP contribution is 2.31. The summed E-state index contributed by atoms with van der Waals surface area (Å²) in [6.07, 6.45) is 2.21. The molecule has 0 aliphatic carbocycles. The van der Waals surface area contributed by atoms with Gasteiger partial charge in [0, 0.05) is 37.7 Å². The van der Waals surface area contributed by atoms with Crippen LogP contribution in [0.5, 0.6) is 0 Å². The van der Waals surface area contributed by atoms with Gasteiger partial charge in [0.1, 0.15) is 5.82 Å². The van der Waals surface area contributed by atoms with Crippen LogP contribution in [-0.4, -0.2) is 44.8 Å². The molecule has 2 aromatic rings. The van der Waals surface area contributed by atoms with Crippen molar-refractivity contribution in [2.45, 2.75) is 38.1 Å². The zero-order valence-corrected chi connectivity index (χ0v) is 14.9. The molecule has 1 aliphatic heterocycles. The Bertz CT molecular complexity index is 823. The molecule has 6 nitrogen and oxygen atoms in total. The molecule has 1 fully saturated rings. The van der Waals surface area contributed by atoms with Crippen LogP contribution in [0, 0.1) is 5.82 Å². The summed E-state index contributed by atoms with van der Waals surface area (Å²) in [7, 11) is 0. The number of amides is 1. The number of hydrogen-bond donors (Lipinski definition) is 1. The third kappa shape index (κ3) is 3.21. The molecule has 26 heavy (non-hydrogen) atoms. The van der Waals surface area contributed by atoms with Gasteiger partial charge in [-0.05, 0) is 30.2 Å². The van der Waals surface area contributed by atoms with E-state index in [4.69, 9.17) is 0 Å². The quantitative estimate of drug-likeness (QED) is 0.911. The smallest absolute Gasteiger partial charge is 0.331 e. The summed E-state index contributed by atoms with van der Waals surface area (Å²) in [6.45, 7) is 4.55. The van der Waals surface area contributed by atoms with E-state index in [1.165, 1.54) is 22.9 Å². The Balaban J connectivity index is 1.79. The lowest BCUT2D eigenvalue weighted by Crippen LogP contribution is -2.52. The van der Waals surface area contributed by atoms with Crippen LogP contribution in [-0.2, 0) is 10.3 Å². The standard InChI is InChI=1S/C19H22FN3O3/c1-13(2)16-6-9-23(21-16)19(18(25)26)7-10-22(11-8-19)17(24)14-4-3-5-15(20)12-14/h3-6,9,12-13H,7-8,10-11H2,1-2H3,(H,25,26). The van der Waals surface area contributed by atoms with Crippen LogP contribution in [0.2, 0.25) is 0 Å². The highest BCUT2D eigenvalue weighted by atomic mass is 19.1. The maximum absolute atomic E-state index is 13.4. The van der Waals surface area contributed by atoms with Gasteiger partial charge in [0.2, 0.25) is 0 Å². The Morgan fingerprint density at radius 2 is 1.92 bits per heavy atom. The van der Waals surface area contributed by atoms with Crippen molar-refractivity contribution in [3.63, 3.8) is 0 Å². The first-order chi connectivity index (χ1) is 12.3. The largest absolute Gasteiger partial charge is 0.479 e. The third-order valence-corrected chi connectivity index (χ3v) is 4.99. The number of halogens is 1. The van der Waals surface area contributed by atoms with Gasteiger partial charge < -0.3 is 10.0 Å². The van der Waals surface area contributed by atoms with E-state index in [1.807, 2.05) is 19.9 Å². The van der Waals surface area contributed by atoms with E-state index < -0.39 is 17.3 Å². The Morgan fingerprint density at radius 3 is 2.46 bits per heavy atom. The maximum atomic E-state index is 13.4. The summed E-state index contributed by atoms with van der Waals surface area (Å²) in [5, 5.41) is 14.3. The van der Waals surface area contributed by atoms with Crippen molar-refractivity contribution in [2.24, 2.45) is 0 Å². The molecule has 138 valence electrons. The van der Waals surface area contributed by atoms with Crippen molar-refractivity contribution in [3.8, 4) is 0 Å². The highest BCUT2D eigenvalue weighted by molar-refractivity contribution is 5.94. The third-order valence-electron chi connectivity index (χ3n) is 4.99. The molecule has 0 bridgehead atoms. The first kappa shape index (κ1) is 18.1. The van der Waals surface area contributed by atoms with Crippen LogP contribution in [0.4, 0.5) is 4.39 Å². The number of carboxylic acids is 1. The van der Waals surface area contributed by atoms with Crippen LogP contribution >= 0.6 is 0 Å². The van der Waals surface area contributed by atoms with E-state index in [0.29, 0.717) is 0 Å². The minimum atomic E-state index is -1.16. The van der Waals surface area contributed by atoms with Crippen molar-refractivity contribution >= 4 is 11.9 Å². The van der Waals surface area contributed by atoms with Gasteiger partial charge in [-0.2, -0.15) is 5.10 Å². The summed E-state index contributed by atoms with van der Waals surface area (Å²) in [4.78, 5) is 26.2. The highest BCUT2D eigenvalue weighted by Gasteiger charge is 2.45. The van der Waals surface area contributed by atoms with Gasteiger partial charge in [-0.3, -0.25) is 9.48 Å². The number of carboxylic acid groups (broad SMARTS) is 1. The molecule has 0 radical (unpaired) electrons. The normalized spacial score (nSPS) is 16.7. The molecule has 1 aliphatic rings. The van der Waals surface area contributed by atoms with Gasteiger partial charge in [0.15, 0.2) is 5.54 Å². The number of likely N-dealkylation sites (tertiary alicyclic amines) is 1. The molecule has 1 saturated heterocycles. The first-order valence-corrected chi connectivity index (χ1v) is 8.68. The molecule has 2 heterocycles. The Hall–Kier alpha value is -2.70. The molecule has 0 saturated carbocycles. The van der Waals surface area contributed by atoms with E-state index in [-0.39, 0.29) is 43.3 Å². The lowest BCUT2D eigenvalue weighted by atomic mass is 9.87. The van der Waals surface area contributed by atoms with Crippen molar-refractivity contribution in [1.29, 1.82) is 0 Å². The molecule has 0 spiro atoms. The molecule has 1 amide bonds. The summed E-state index contributed by atoms with van der Waals surface area (Å²) in [5.41, 5.74) is -0.0517. The van der Waals surface area contributed by atoms with Gasteiger partial charge in [-0.15, -0.1) is 0 Å². The van der Waals surface area contributed by atoms with Crippen molar-refractivity contribution in [3.05, 3.63) is 53.6 Å². The summed E-state index contributed by atoms with van der Waals surface area (Å²) in [6, 6.07) is 7.37. The number of nitrogens with zero attached hydrogens (tertiary/aromatic N) is 3. The van der Waals surface area contributed by atoms with Gasteiger partial charge in [-0.25, -0.2) is 9.18 Å². The molecule has 3 rings (SSSR count). The van der Waals surface area contributed by atoms with E-state index in [2.05, 4.69) is 5.10 Å². The number of aromatic nitrogens is 2. The van der Waals surface area contributed by atoms with Crippen molar-refractivity contribution < 1.29 is 19.1 Å². The van der Waals surface area contributed by atoms with E-state index in [0.717, 1.165) is 5.69 Å². The zero-order chi connectivity index (χ0) is 18.9. The number of carbonyl (C=O) groups excluding carboxylic acids is 1. The summed E-state index contributed by atoms with van der Waals surface area (Å²) in [5.74, 6) is -1.50. The molecule has 7 heteroatoms. The van der Waals surface area contributed by atoms with Gasteiger partial charge >= 0.3 is 5.97 Å². The van der Waals surface area contributed by atoms with Gasteiger partial charge in [0.25, 0.3) is 5.91 Å². The molecule has 1 N–H and O–H groups in total. The van der Waals surface area contributed by atoms with Gasteiger partial charge in [0.05, 0.1) is 5.69 Å². The Morgan fingerprint density at radius 1 is 1.23 bits per heavy atom. The molecule has 1 aromatic heterocycles. The van der Waals surface area contributed by atoms with Crippen molar-refractivity contribution in [2.75, 3.05) is 13.1 Å². The summed E-state index contributed by atoms with van der Waals surface area (Å²) >= 11 is 0. The molecular formula is C19H22FN3O3. The molecular weight excluding hydrogens is 337 g/mol. The Labute approximate surface area is 151 Å². The van der Waals surface area contributed by atoms with Crippen LogP contribution in [0.1, 0.15) is 48.7 Å². The van der Waals surface area contributed by atoms with Crippen LogP contribution in [0.25, 0.3) is 0 Å². The Kier molecular flexibility index (Phi) is 4.80. The SMILES string of the molecule is CC(C)c1ccn(C2(C(=O)O)CCN(C(=O)c3cccc(F)c3)CC2)n1. The first-order valence-electron chi connectivity index (χ1n) is 8.68. The second-order valence-corrected chi connectivity index (χ2v) is 6.98. The van der Waals surface area contributed by atoms with Crippen molar-refractivity contribution in [1.82, 2.24) is 14.7 Å². The second-order valence-electron chi connectivity index (χ2n) is 6.98. The van der Waals surface area contributed by atoms with E-state index >= 15 is 0 Å². The fourth-order valence-corrected chi connectivity index (χ4v) is 3.31. The number of benzene rings is 1.